The molecule has 0 saturated carbocycles. The molecule has 1 aliphatic heterocycles. The van der Waals surface area contributed by atoms with Gasteiger partial charge < -0.3 is 5.32 Å². The maximum atomic E-state index is 4.41. The number of pyridine rings is 1. The Kier molecular flexibility index (Phi) is 3.14. The maximum Gasteiger partial charge on any atom is 0.0915 e. The number of piperidine rings is 1. The Bertz CT molecular complexity index is 290. The molecular weight excluding hydrogens is 172 g/mol. The first kappa shape index (κ1) is 9.66. The minimum absolute atomic E-state index is 0.776. The SMILES string of the molecule is Cc1ccnc(C[C@@H]2CCCC[NH2+]2)c1. The summed E-state index contributed by atoms with van der Waals surface area (Å²) in [7, 11) is 0. The standard InChI is InChI=1S/C12H18N2/c1-10-5-7-14-12(8-10)9-11-4-2-3-6-13-11/h5,7-8,11,13H,2-4,6,9H2,1H3/p+1/t11-/m0/s1. The van der Waals surface area contributed by atoms with Gasteiger partial charge in [0.05, 0.1) is 12.6 Å². The van der Waals surface area contributed by atoms with Gasteiger partial charge in [-0.05, 0) is 43.9 Å². The van der Waals surface area contributed by atoms with Gasteiger partial charge in [-0.1, -0.05) is 0 Å². The van der Waals surface area contributed by atoms with Gasteiger partial charge in [0.1, 0.15) is 0 Å². The molecule has 0 bridgehead atoms. The van der Waals surface area contributed by atoms with Crippen LogP contribution in [0.25, 0.3) is 0 Å². The lowest BCUT2D eigenvalue weighted by Crippen LogP contribution is -2.91. The van der Waals surface area contributed by atoms with Crippen LogP contribution in [0, 0.1) is 6.92 Å². The molecule has 2 rings (SSSR count). The predicted octanol–water partition coefficient (Wildman–Crippen LogP) is 1.05. The van der Waals surface area contributed by atoms with E-state index in [-0.39, 0.29) is 0 Å². The van der Waals surface area contributed by atoms with Gasteiger partial charge in [0.2, 0.25) is 0 Å². The molecule has 2 heterocycles. The number of aromatic nitrogens is 1. The van der Waals surface area contributed by atoms with Gasteiger partial charge in [0.15, 0.2) is 0 Å². The third kappa shape index (κ3) is 2.55. The number of quaternary nitrogens is 1. The third-order valence-electron chi connectivity index (χ3n) is 2.97. The van der Waals surface area contributed by atoms with Crippen molar-refractivity contribution in [3.63, 3.8) is 0 Å². The lowest BCUT2D eigenvalue weighted by Gasteiger charge is -2.19. The van der Waals surface area contributed by atoms with Crippen molar-refractivity contribution in [2.45, 2.75) is 38.6 Å². The second kappa shape index (κ2) is 4.56. The second-order valence-corrected chi connectivity index (χ2v) is 4.31. The molecule has 2 N–H and O–H groups in total. The zero-order valence-electron chi connectivity index (χ0n) is 8.87. The smallest absolute Gasteiger partial charge is 0.0915 e. The van der Waals surface area contributed by atoms with Gasteiger partial charge in [-0.15, -0.1) is 0 Å². The largest absolute Gasteiger partial charge is 0.343 e. The molecule has 1 aliphatic rings. The van der Waals surface area contributed by atoms with Crippen LogP contribution in [0.15, 0.2) is 18.3 Å². The normalized spacial score (nSPS) is 22.2. The monoisotopic (exact) mass is 191 g/mol. The average Bonchev–Trinajstić information content (AvgIpc) is 2.19. The van der Waals surface area contributed by atoms with Crippen LogP contribution in [-0.2, 0) is 6.42 Å². The Labute approximate surface area is 85.7 Å². The van der Waals surface area contributed by atoms with Crippen LogP contribution in [0.3, 0.4) is 0 Å². The topological polar surface area (TPSA) is 29.5 Å². The average molecular weight is 191 g/mol. The second-order valence-electron chi connectivity index (χ2n) is 4.31. The Hall–Kier alpha value is -0.890. The molecule has 1 fully saturated rings. The van der Waals surface area contributed by atoms with E-state index in [2.05, 4.69) is 29.4 Å². The fraction of sp³-hybridized carbons (Fsp3) is 0.583. The van der Waals surface area contributed by atoms with Gasteiger partial charge in [-0.3, -0.25) is 4.98 Å². The first-order valence-electron chi connectivity index (χ1n) is 5.59. The molecule has 0 aliphatic carbocycles. The van der Waals surface area contributed by atoms with Crippen molar-refractivity contribution in [1.82, 2.24) is 4.98 Å². The molecule has 0 spiro atoms. The fourth-order valence-electron chi connectivity index (χ4n) is 2.19. The van der Waals surface area contributed by atoms with Gasteiger partial charge in [0.25, 0.3) is 0 Å². The summed E-state index contributed by atoms with van der Waals surface area (Å²) in [4.78, 5) is 4.41. The molecule has 1 aromatic heterocycles. The van der Waals surface area contributed by atoms with Crippen molar-refractivity contribution in [1.29, 1.82) is 0 Å². The molecule has 2 nitrogen and oxygen atoms in total. The van der Waals surface area contributed by atoms with Crippen LogP contribution in [-0.4, -0.2) is 17.6 Å². The Morgan fingerprint density at radius 3 is 3.14 bits per heavy atom. The molecular formula is C12H19N2+. The summed E-state index contributed by atoms with van der Waals surface area (Å²) in [5.74, 6) is 0. The molecule has 0 radical (unpaired) electrons. The molecule has 1 atom stereocenters. The van der Waals surface area contributed by atoms with Crippen LogP contribution < -0.4 is 5.32 Å². The Morgan fingerprint density at radius 1 is 1.50 bits per heavy atom. The summed E-state index contributed by atoms with van der Waals surface area (Å²) in [5.41, 5.74) is 2.58. The van der Waals surface area contributed by atoms with Gasteiger partial charge in [-0.25, -0.2) is 0 Å². The highest BCUT2D eigenvalue weighted by atomic mass is 14.9. The summed E-state index contributed by atoms with van der Waals surface area (Å²) in [6.07, 6.45) is 7.20. The van der Waals surface area contributed by atoms with E-state index in [1.54, 1.807) is 0 Å². The minimum Gasteiger partial charge on any atom is -0.343 e. The summed E-state index contributed by atoms with van der Waals surface area (Å²) in [6.45, 7) is 3.44. The molecule has 0 unspecified atom stereocenters. The molecule has 1 aromatic rings. The first-order chi connectivity index (χ1) is 6.84. The summed E-state index contributed by atoms with van der Waals surface area (Å²) in [6, 6.07) is 5.05. The van der Waals surface area contributed by atoms with Gasteiger partial charge in [-0.2, -0.15) is 0 Å². The Balaban J connectivity index is 1.95. The van der Waals surface area contributed by atoms with Crippen LogP contribution in [0.4, 0.5) is 0 Å². The predicted molar refractivity (Wildman–Crippen MR) is 57.1 cm³/mol. The van der Waals surface area contributed by atoms with E-state index in [1.165, 1.54) is 37.1 Å². The van der Waals surface area contributed by atoms with Crippen molar-refractivity contribution in [3.05, 3.63) is 29.6 Å². The number of hydrogen-bond donors (Lipinski definition) is 1. The number of nitrogens with two attached hydrogens (primary N) is 1. The molecule has 2 heteroatoms. The number of hydrogen-bond acceptors (Lipinski definition) is 1. The summed E-state index contributed by atoms with van der Waals surface area (Å²) in [5, 5.41) is 2.48. The van der Waals surface area contributed by atoms with Crippen LogP contribution in [0.1, 0.15) is 30.5 Å². The van der Waals surface area contributed by atoms with Crippen molar-refractivity contribution < 1.29 is 5.32 Å². The van der Waals surface area contributed by atoms with E-state index < -0.39 is 0 Å². The zero-order chi connectivity index (χ0) is 9.80. The van der Waals surface area contributed by atoms with Crippen molar-refractivity contribution >= 4 is 0 Å². The fourth-order valence-corrected chi connectivity index (χ4v) is 2.19. The van der Waals surface area contributed by atoms with Gasteiger partial charge in [0, 0.05) is 18.3 Å². The summed E-state index contributed by atoms with van der Waals surface area (Å²) >= 11 is 0. The zero-order valence-corrected chi connectivity index (χ0v) is 8.87. The quantitative estimate of drug-likeness (QED) is 0.744. The van der Waals surface area contributed by atoms with Crippen LogP contribution >= 0.6 is 0 Å². The molecule has 1 saturated heterocycles. The molecule has 14 heavy (non-hydrogen) atoms. The number of rotatable bonds is 2. The maximum absolute atomic E-state index is 4.41. The van der Waals surface area contributed by atoms with Crippen LogP contribution in [0.5, 0.6) is 0 Å². The first-order valence-corrected chi connectivity index (χ1v) is 5.59. The molecule has 76 valence electrons. The lowest BCUT2D eigenvalue weighted by atomic mass is 10.00. The summed E-state index contributed by atoms with van der Waals surface area (Å²) < 4.78 is 0. The van der Waals surface area contributed by atoms with E-state index in [0.29, 0.717) is 0 Å². The van der Waals surface area contributed by atoms with Crippen molar-refractivity contribution in [2.24, 2.45) is 0 Å². The van der Waals surface area contributed by atoms with E-state index in [1.807, 2.05) is 6.20 Å². The highest BCUT2D eigenvalue weighted by Gasteiger charge is 2.16. The molecule has 0 aromatic carbocycles. The lowest BCUT2D eigenvalue weighted by molar-refractivity contribution is -0.697. The van der Waals surface area contributed by atoms with E-state index >= 15 is 0 Å². The highest BCUT2D eigenvalue weighted by Crippen LogP contribution is 2.08. The number of aryl methyl sites for hydroxylation is 1. The molecule has 0 amide bonds. The van der Waals surface area contributed by atoms with E-state index in [4.69, 9.17) is 0 Å². The minimum atomic E-state index is 0.776. The van der Waals surface area contributed by atoms with Gasteiger partial charge >= 0.3 is 0 Å². The van der Waals surface area contributed by atoms with E-state index in [0.717, 1.165) is 12.5 Å². The Morgan fingerprint density at radius 2 is 2.43 bits per heavy atom. The highest BCUT2D eigenvalue weighted by molar-refractivity contribution is 5.14. The number of nitrogens with zero attached hydrogens (tertiary/aromatic N) is 1. The van der Waals surface area contributed by atoms with Crippen molar-refractivity contribution in [2.75, 3.05) is 6.54 Å². The van der Waals surface area contributed by atoms with E-state index in [9.17, 15) is 0 Å². The van der Waals surface area contributed by atoms with Crippen molar-refractivity contribution in [3.8, 4) is 0 Å². The third-order valence-corrected chi connectivity index (χ3v) is 2.97. The van der Waals surface area contributed by atoms with Crippen LogP contribution in [0.2, 0.25) is 0 Å².